The smallest absolute Gasteiger partial charge is 0.214 e. The van der Waals surface area contributed by atoms with Crippen molar-refractivity contribution in [1.82, 2.24) is 9.21 Å². The highest BCUT2D eigenvalue weighted by Gasteiger charge is 2.29. The molecule has 1 atom stereocenters. The van der Waals surface area contributed by atoms with Gasteiger partial charge in [-0.1, -0.05) is 27.2 Å². The van der Waals surface area contributed by atoms with Gasteiger partial charge in [-0.2, -0.15) is 9.57 Å². The normalized spacial score (nSPS) is 19.9. The lowest BCUT2D eigenvalue weighted by Gasteiger charge is -2.36. The minimum absolute atomic E-state index is 0.0690. The summed E-state index contributed by atoms with van der Waals surface area (Å²) in [5, 5.41) is 9.16. The molecule has 0 aromatic rings. The van der Waals surface area contributed by atoms with Gasteiger partial charge in [-0.05, 0) is 18.8 Å². The molecule has 1 unspecified atom stereocenters. The zero-order chi connectivity index (χ0) is 15.2. The first-order valence-corrected chi connectivity index (χ1v) is 9.13. The molecule has 1 aliphatic heterocycles. The van der Waals surface area contributed by atoms with Gasteiger partial charge in [-0.15, -0.1) is 0 Å². The van der Waals surface area contributed by atoms with Gasteiger partial charge >= 0.3 is 0 Å². The summed E-state index contributed by atoms with van der Waals surface area (Å²) in [6, 6.07) is 2.26. The molecule has 1 saturated heterocycles. The molecule has 6 heteroatoms. The predicted molar refractivity (Wildman–Crippen MR) is 80.7 cm³/mol. The third kappa shape index (κ3) is 5.04. The van der Waals surface area contributed by atoms with Crippen LogP contribution in [-0.2, 0) is 10.0 Å². The van der Waals surface area contributed by atoms with Crippen LogP contribution < -0.4 is 0 Å². The number of nitriles is 1. The fraction of sp³-hybridized carbons (Fsp3) is 0.929. The Labute approximate surface area is 123 Å². The summed E-state index contributed by atoms with van der Waals surface area (Å²) >= 11 is 0. The topological polar surface area (TPSA) is 64.4 Å². The zero-order valence-electron chi connectivity index (χ0n) is 12.9. The second kappa shape index (κ2) is 7.96. The van der Waals surface area contributed by atoms with E-state index in [9.17, 15) is 8.42 Å². The average Bonchev–Trinajstić information content (AvgIpc) is 2.43. The Balaban J connectivity index is 2.51. The van der Waals surface area contributed by atoms with Gasteiger partial charge in [0.2, 0.25) is 10.0 Å². The lowest BCUT2D eigenvalue weighted by molar-refractivity contribution is 0.156. The van der Waals surface area contributed by atoms with Crippen molar-refractivity contribution >= 4 is 10.0 Å². The van der Waals surface area contributed by atoms with E-state index in [2.05, 4.69) is 17.9 Å². The lowest BCUT2D eigenvalue weighted by atomic mass is 10.1. The van der Waals surface area contributed by atoms with Gasteiger partial charge in [0.1, 0.15) is 0 Å². The van der Waals surface area contributed by atoms with Gasteiger partial charge in [0.25, 0.3) is 0 Å². The van der Waals surface area contributed by atoms with Crippen molar-refractivity contribution in [1.29, 1.82) is 5.26 Å². The number of rotatable bonds is 7. The van der Waals surface area contributed by atoms with Crippen LogP contribution in [0.4, 0.5) is 0 Å². The summed E-state index contributed by atoms with van der Waals surface area (Å²) in [5.74, 6) is 0.639. The van der Waals surface area contributed by atoms with Crippen LogP contribution in [0, 0.1) is 17.2 Å². The van der Waals surface area contributed by atoms with Crippen LogP contribution in [0.3, 0.4) is 0 Å². The van der Waals surface area contributed by atoms with E-state index in [1.54, 1.807) is 4.31 Å². The van der Waals surface area contributed by atoms with Gasteiger partial charge < -0.3 is 0 Å². The van der Waals surface area contributed by atoms with Crippen molar-refractivity contribution in [2.75, 3.05) is 31.9 Å². The van der Waals surface area contributed by atoms with E-state index in [1.165, 1.54) is 0 Å². The fourth-order valence-electron chi connectivity index (χ4n) is 2.41. The first-order chi connectivity index (χ1) is 9.40. The van der Waals surface area contributed by atoms with Crippen LogP contribution in [0.15, 0.2) is 0 Å². The maximum Gasteiger partial charge on any atom is 0.214 e. The second-order valence-corrected chi connectivity index (χ2v) is 7.96. The minimum Gasteiger partial charge on any atom is -0.285 e. The van der Waals surface area contributed by atoms with Gasteiger partial charge in [0, 0.05) is 26.2 Å². The van der Waals surface area contributed by atoms with Crippen molar-refractivity contribution in [2.45, 2.75) is 46.1 Å². The van der Waals surface area contributed by atoms with Crippen molar-refractivity contribution < 1.29 is 8.42 Å². The van der Waals surface area contributed by atoms with E-state index in [0.717, 1.165) is 12.8 Å². The largest absolute Gasteiger partial charge is 0.285 e. The first-order valence-electron chi connectivity index (χ1n) is 7.52. The molecule has 0 saturated carbocycles. The van der Waals surface area contributed by atoms with Gasteiger partial charge in [-0.25, -0.2) is 8.42 Å². The molecule has 20 heavy (non-hydrogen) atoms. The highest BCUT2D eigenvalue weighted by molar-refractivity contribution is 7.89. The van der Waals surface area contributed by atoms with Crippen molar-refractivity contribution in [3.8, 4) is 6.07 Å². The maximum absolute atomic E-state index is 12.2. The fourth-order valence-corrected chi connectivity index (χ4v) is 4.16. The monoisotopic (exact) mass is 301 g/mol. The van der Waals surface area contributed by atoms with Crippen LogP contribution in [0.2, 0.25) is 0 Å². The number of hydrogen-bond donors (Lipinski definition) is 0. The van der Waals surface area contributed by atoms with E-state index in [1.807, 2.05) is 13.8 Å². The van der Waals surface area contributed by atoms with Crippen LogP contribution in [0.1, 0.15) is 40.0 Å². The molecule has 1 aliphatic rings. The van der Waals surface area contributed by atoms with Gasteiger partial charge in [0.15, 0.2) is 0 Å². The molecule has 116 valence electrons. The molecule has 0 spiro atoms. The molecule has 1 fully saturated rings. The molecular weight excluding hydrogens is 274 g/mol. The minimum atomic E-state index is -3.12. The third-order valence-corrected chi connectivity index (χ3v) is 5.68. The molecule has 0 aromatic carbocycles. The average molecular weight is 301 g/mol. The predicted octanol–water partition coefficient (Wildman–Crippen LogP) is 1.67. The number of nitrogens with zero attached hydrogens (tertiary/aromatic N) is 3. The number of hydrogen-bond acceptors (Lipinski definition) is 4. The first kappa shape index (κ1) is 17.4. The molecular formula is C14H27N3O2S. The number of sulfonamides is 1. The van der Waals surface area contributed by atoms with E-state index in [4.69, 9.17) is 5.26 Å². The highest BCUT2D eigenvalue weighted by atomic mass is 32.2. The van der Waals surface area contributed by atoms with Crippen molar-refractivity contribution in [3.05, 3.63) is 0 Å². The molecule has 0 N–H and O–H groups in total. The van der Waals surface area contributed by atoms with Crippen LogP contribution in [0.5, 0.6) is 0 Å². The quantitative estimate of drug-likeness (QED) is 0.717. The summed E-state index contributed by atoms with van der Waals surface area (Å²) < 4.78 is 26.0. The van der Waals surface area contributed by atoms with E-state index in [-0.39, 0.29) is 11.8 Å². The Bertz CT molecular complexity index is 420. The summed E-state index contributed by atoms with van der Waals surface area (Å²) in [7, 11) is -3.12. The summed E-state index contributed by atoms with van der Waals surface area (Å²) in [6.45, 7) is 8.51. The van der Waals surface area contributed by atoms with Gasteiger partial charge in [0.05, 0.1) is 17.9 Å². The standard InChI is InChI=1S/C14H27N3O2S/c1-4-5-14(12-15)16-7-9-17(10-8-16)20(18,19)11-6-13(2)3/h13-14H,4-11H2,1-3H3. The lowest BCUT2D eigenvalue weighted by Crippen LogP contribution is -2.52. The molecule has 1 rings (SSSR count). The Kier molecular flexibility index (Phi) is 6.93. The molecule has 0 amide bonds. The van der Waals surface area contributed by atoms with Crippen molar-refractivity contribution in [2.24, 2.45) is 5.92 Å². The molecule has 0 bridgehead atoms. The SMILES string of the molecule is CCCC(C#N)N1CCN(S(=O)(=O)CCC(C)C)CC1. The maximum atomic E-state index is 12.2. The summed E-state index contributed by atoms with van der Waals surface area (Å²) in [6.07, 6.45) is 2.54. The van der Waals surface area contributed by atoms with Gasteiger partial charge in [-0.3, -0.25) is 4.90 Å². The molecule has 0 aromatic heterocycles. The summed E-state index contributed by atoms with van der Waals surface area (Å²) in [4.78, 5) is 2.11. The van der Waals surface area contributed by atoms with E-state index < -0.39 is 10.0 Å². The van der Waals surface area contributed by atoms with Crippen LogP contribution >= 0.6 is 0 Å². The number of piperazine rings is 1. The van der Waals surface area contributed by atoms with Crippen LogP contribution in [-0.4, -0.2) is 55.6 Å². The van der Waals surface area contributed by atoms with Crippen LogP contribution in [0.25, 0.3) is 0 Å². The third-order valence-electron chi connectivity index (χ3n) is 3.77. The Hall–Kier alpha value is -0.640. The Morgan fingerprint density at radius 1 is 1.15 bits per heavy atom. The molecule has 0 radical (unpaired) electrons. The Morgan fingerprint density at radius 3 is 2.20 bits per heavy atom. The zero-order valence-corrected chi connectivity index (χ0v) is 13.7. The molecule has 1 heterocycles. The summed E-state index contributed by atoms with van der Waals surface area (Å²) in [5.41, 5.74) is 0. The molecule has 0 aliphatic carbocycles. The molecule has 5 nitrogen and oxygen atoms in total. The van der Waals surface area contributed by atoms with E-state index >= 15 is 0 Å². The van der Waals surface area contributed by atoms with Crippen molar-refractivity contribution in [3.63, 3.8) is 0 Å². The second-order valence-electron chi connectivity index (χ2n) is 5.87. The highest BCUT2D eigenvalue weighted by Crippen LogP contribution is 2.15. The van der Waals surface area contributed by atoms with E-state index in [0.29, 0.717) is 38.5 Å². The Morgan fingerprint density at radius 2 is 1.75 bits per heavy atom.